The maximum Gasteiger partial charge on any atom is 0.271 e. The maximum absolute atomic E-state index is 10.7. The van der Waals surface area contributed by atoms with Crippen LogP contribution >= 0.6 is 15.9 Å². The van der Waals surface area contributed by atoms with Crippen LogP contribution in [0.2, 0.25) is 0 Å². The highest BCUT2D eigenvalue weighted by Crippen LogP contribution is 2.14. The summed E-state index contributed by atoms with van der Waals surface area (Å²) in [5.74, 6) is -0.621. The van der Waals surface area contributed by atoms with E-state index in [9.17, 15) is 4.79 Å². The van der Waals surface area contributed by atoms with Crippen molar-refractivity contribution < 1.29 is 4.79 Å². The van der Waals surface area contributed by atoms with Gasteiger partial charge >= 0.3 is 0 Å². The number of primary amides is 1. The number of anilines is 1. The van der Waals surface area contributed by atoms with Crippen molar-refractivity contribution in [1.82, 2.24) is 9.97 Å². The van der Waals surface area contributed by atoms with Crippen molar-refractivity contribution in [2.24, 2.45) is 5.73 Å². The molecule has 0 bridgehead atoms. The summed E-state index contributed by atoms with van der Waals surface area (Å²) >= 11 is 3.11. The van der Waals surface area contributed by atoms with Crippen LogP contribution in [0.5, 0.6) is 0 Å². The lowest BCUT2D eigenvalue weighted by atomic mass is 10.4. The third-order valence-electron chi connectivity index (χ3n) is 1.27. The van der Waals surface area contributed by atoms with Crippen LogP contribution in [0.3, 0.4) is 0 Å². The predicted molar refractivity (Wildman–Crippen MR) is 47.4 cm³/mol. The van der Waals surface area contributed by atoms with E-state index < -0.39 is 5.91 Å². The molecule has 1 aromatic heterocycles. The molecule has 0 spiro atoms. The van der Waals surface area contributed by atoms with Gasteiger partial charge in [-0.15, -0.1) is 0 Å². The number of rotatable bonds is 1. The first-order valence-electron chi connectivity index (χ1n) is 3.11. The number of amides is 1. The second kappa shape index (κ2) is 3.06. The Morgan fingerprint density at radius 1 is 1.50 bits per heavy atom. The zero-order valence-electron chi connectivity index (χ0n) is 6.34. The first-order chi connectivity index (χ1) is 5.52. The molecule has 5 nitrogen and oxygen atoms in total. The molecule has 0 saturated carbocycles. The van der Waals surface area contributed by atoms with Crippen molar-refractivity contribution in [1.29, 1.82) is 0 Å². The molecule has 1 rings (SSSR count). The highest BCUT2D eigenvalue weighted by Gasteiger charge is 2.11. The molecule has 0 aliphatic heterocycles. The van der Waals surface area contributed by atoms with E-state index in [1.165, 1.54) is 0 Å². The molecule has 1 heterocycles. The van der Waals surface area contributed by atoms with Crippen molar-refractivity contribution in [3.63, 3.8) is 0 Å². The van der Waals surface area contributed by atoms with Gasteiger partial charge in [-0.2, -0.15) is 0 Å². The van der Waals surface area contributed by atoms with Crippen molar-refractivity contribution in [2.45, 2.75) is 6.92 Å². The Morgan fingerprint density at radius 3 is 2.58 bits per heavy atom. The van der Waals surface area contributed by atoms with Crippen molar-refractivity contribution in [3.8, 4) is 0 Å². The lowest BCUT2D eigenvalue weighted by molar-refractivity contribution is 0.0996. The van der Waals surface area contributed by atoms with E-state index in [4.69, 9.17) is 11.5 Å². The van der Waals surface area contributed by atoms with Crippen molar-refractivity contribution in [3.05, 3.63) is 16.0 Å². The van der Waals surface area contributed by atoms with Gasteiger partial charge in [0.1, 0.15) is 4.60 Å². The average Bonchev–Trinajstić information content (AvgIpc) is 1.96. The molecular formula is C6H7BrN4O. The normalized spacial score (nSPS) is 9.83. The Bertz CT molecular complexity index is 339. The number of nitrogens with zero attached hydrogens (tertiary/aromatic N) is 2. The summed E-state index contributed by atoms with van der Waals surface area (Å²) in [5, 5.41) is 0. The van der Waals surface area contributed by atoms with Crippen LogP contribution in [-0.2, 0) is 0 Å². The topological polar surface area (TPSA) is 94.9 Å². The fraction of sp³-hybridized carbons (Fsp3) is 0.167. The van der Waals surface area contributed by atoms with Crippen LogP contribution in [-0.4, -0.2) is 15.9 Å². The predicted octanol–water partition coefficient (Wildman–Crippen LogP) is 0.229. The van der Waals surface area contributed by atoms with Gasteiger partial charge < -0.3 is 11.5 Å². The fourth-order valence-electron chi connectivity index (χ4n) is 0.697. The number of aromatic nitrogens is 2. The molecule has 4 N–H and O–H groups in total. The fourth-order valence-corrected chi connectivity index (χ4v) is 0.963. The van der Waals surface area contributed by atoms with Crippen molar-refractivity contribution >= 4 is 27.7 Å². The zero-order valence-corrected chi connectivity index (χ0v) is 7.92. The molecule has 1 amide bonds. The first kappa shape index (κ1) is 8.92. The van der Waals surface area contributed by atoms with Gasteiger partial charge in [0.2, 0.25) is 0 Å². The molecule has 1 aromatic rings. The SMILES string of the molecule is Cc1nc(N)c(C(N)=O)nc1Br. The number of nitrogens with two attached hydrogens (primary N) is 2. The number of nitrogen functional groups attached to an aromatic ring is 1. The van der Waals surface area contributed by atoms with Gasteiger partial charge in [0, 0.05) is 0 Å². The Morgan fingerprint density at radius 2 is 2.08 bits per heavy atom. The second-order valence-electron chi connectivity index (χ2n) is 2.20. The van der Waals surface area contributed by atoms with Crippen LogP contribution in [0.1, 0.15) is 16.2 Å². The zero-order chi connectivity index (χ0) is 9.30. The van der Waals surface area contributed by atoms with Gasteiger partial charge in [-0.1, -0.05) is 0 Å². The van der Waals surface area contributed by atoms with E-state index in [1.54, 1.807) is 6.92 Å². The van der Waals surface area contributed by atoms with E-state index in [2.05, 4.69) is 25.9 Å². The molecule has 0 aromatic carbocycles. The lowest BCUT2D eigenvalue weighted by Gasteiger charge is -2.02. The van der Waals surface area contributed by atoms with Gasteiger partial charge in [0.15, 0.2) is 11.5 Å². The minimum Gasteiger partial charge on any atom is -0.382 e. The third-order valence-corrected chi connectivity index (χ3v) is 2.02. The van der Waals surface area contributed by atoms with Gasteiger partial charge in [0.25, 0.3) is 5.91 Å². The molecule has 0 aliphatic carbocycles. The monoisotopic (exact) mass is 230 g/mol. The minimum absolute atomic E-state index is 0.00697. The van der Waals surface area contributed by atoms with Crippen LogP contribution in [0.25, 0.3) is 0 Å². The summed E-state index contributed by atoms with van der Waals surface area (Å²) < 4.78 is 0.477. The number of carbonyl (C=O) groups is 1. The quantitative estimate of drug-likeness (QED) is 0.723. The van der Waals surface area contributed by atoms with Gasteiger partial charge in [0.05, 0.1) is 5.69 Å². The van der Waals surface area contributed by atoms with Crippen LogP contribution in [0, 0.1) is 6.92 Å². The molecule has 64 valence electrons. The maximum atomic E-state index is 10.7. The lowest BCUT2D eigenvalue weighted by Crippen LogP contribution is -2.17. The summed E-state index contributed by atoms with van der Waals surface area (Å²) in [5.41, 5.74) is 11.0. The number of hydrogen-bond donors (Lipinski definition) is 2. The highest BCUT2D eigenvalue weighted by atomic mass is 79.9. The van der Waals surface area contributed by atoms with Gasteiger partial charge in [-0.3, -0.25) is 4.79 Å². The molecule has 12 heavy (non-hydrogen) atoms. The Kier molecular flexibility index (Phi) is 2.27. The minimum atomic E-state index is -0.680. The number of carbonyl (C=O) groups excluding carboxylic acids is 1. The molecule has 6 heteroatoms. The summed E-state index contributed by atoms with van der Waals surface area (Å²) in [6, 6.07) is 0. The van der Waals surface area contributed by atoms with E-state index in [0.717, 1.165) is 0 Å². The highest BCUT2D eigenvalue weighted by molar-refractivity contribution is 9.10. The summed E-state index contributed by atoms with van der Waals surface area (Å²) in [4.78, 5) is 18.4. The van der Waals surface area contributed by atoms with Crippen molar-refractivity contribution in [2.75, 3.05) is 5.73 Å². The molecule has 0 aliphatic rings. The van der Waals surface area contributed by atoms with E-state index in [0.29, 0.717) is 10.3 Å². The molecular weight excluding hydrogens is 224 g/mol. The molecule has 0 radical (unpaired) electrons. The number of halogens is 1. The summed E-state index contributed by atoms with van der Waals surface area (Å²) in [6.45, 7) is 1.72. The summed E-state index contributed by atoms with van der Waals surface area (Å²) in [6.07, 6.45) is 0. The smallest absolute Gasteiger partial charge is 0.271 e. The Hall–Kier alpha value is -1.17. The van der Waals surface area contributed by atoms with Gasteiger partial charge in [-0.05, 0) is 22.9 Å². The third kappa shape index (κ3) is 1.53. The van der Waals surface area contributed by atoms with E-state index >= 15 is 0 Å². The van der Waals surface area contributed by atoms with Gasteiger partial charge in [-0.25, -0.2) is 9.97 Å². The van der Waals surface area contributed by atoms with Crippen LogP contribution in [0.4, 0.5) is 5.82 Å². The first-order valence-corrected chi connectivity index (χ1v) is 3.91. The molecule has 0 unspecified atom stereocenters. The number of aryl methyl sites for hydroxylation is 1. The second-order valence-corrected chi connectivity index (χ2v) is 2.95. The van der Waals surface area contributed by atoms with E-state index in [1.807, 2.05) is 0 Å². The molecule has 0 atom stereocenters. The van der Waals surface area contributed by atoms with E-state index in [-0.39, 0.29) is 11.5 Å². The largest absolute Gasteiger partial charge is 0.382 e. The molecule has 0 saturated heterocycles. The Labute approximate surface area is 77.3 Å². The summed E-state index contributed by atoms with van der Waals surface area (Å²) in [7, 11) is 0. The standard InChI is InChI=1S/C6H7BrN4O/c1-2-4(7)11-3(6(9)12)5(8)10-2/h1H3,(H2,8,10)(H2,9,12). The molecule has 0 fully saturated rings. The Balaban J connectivity index is 3.33. The average molecular weight is 231 g/mol. The number of hydrogen-bond acceptors (Lipinski definition) is 4. The van der Waals surface area contributed by atoms with Crippen LogP contribution in [0.15, 0.2) is 4.60 Å². The van der Waals surface area contributed by atoms with Crippen LogP contribution < -0.4 is 11.5 Å².